The number of rotatable bonds is 7. The molecular formula is C20H21F3N2O3. The molecule has 2 aromatic carbocycles. The largest absolute Gasteiger partial charge is 0.416 e. The van der Waals surface area contributed by atoms with Gasteiger partial charge >= 0.3 is 6.18 Å². The summed E-state index contributed by atoms with van der Waals surface area (Å²) < 4.78 is 38.9. The second kappa shape index (κ2) is 8.43. The molecule has 0 spiro atoms. The van der Waals surface area contributed by atoms with Crippen LogP contribution in [0.5, 0.6) is 0 Å². The molecule has 0 aromatic heterocycles. The number of primary amides is 1. The van der Waals surface area contributed by atoms with Crippen LogP contribution in [0.2, 0.25) is 0 Å². The molecule has 0 heterocycles. The zero-order chi connectivity index (χ0) is 20.9. The van der Waals surface area contributed by atoms with E-state index in [4.69, 9.17) is 5.73 Å². The van der Waals surface area contributed by atoms with Crippen molar-refractivity contribution in [3.8, 4) is 0 Å². The lowest BCUT2D eigenvalue weighted by Gasteiger charge is -2.29. The van der Waals surface area contributed by atoms with E-state index in [1.807, 2.05) is 6.07 Å². The predicted molar refractivity (Wildman–Crippen MR) is 96.9 cm³/mol. The quantitative estimate of drug-likeness (QED) is 0.674. The Hall–Kier alpha value is -2.87. The maximum absolute atomic E-state index is 13.0. The van der Waals surface area contributed by atoms with Crippen LogP contribution in [-0.4, -0.2) is 23.0 Å². The molecule has 2 atom stereocenters. The first-order valence-electron chi connectivity index (χ1n) is 8.53. The second-order valence-electron chi connectivity index (χ2n) is 6.66. The van der Waals surface area contributed by atoms with Gasteiger partial charge in [0, 0.05) is 0 Å². The van der Waals surface area contributed by atoms with Crippen LogP contribution in [0.3, 0.4) is 0 Å². The van der Waals surface area contributed by atoms with Crippen LogP contribution in [0.1, 0.15) is 30.0 Å². The molecule has 28 heavy (non-hydrogen) atoms. The molecule has 0 saturated heterocycles. The molecule has 0 fully saturated rings. The first-order valence-corrected chi connectivity index (χ1v) is 8.53. The first kappa shape index (κ1) is 21.4. The molecule has 2 aromatic rings. The molecule has 0 saturated carbocycles. The third kappa shape index (κ3) is 5.32. The van der Waals surface area contributed by atoms with Crippen LogP contribution in [-0.2, 0) is 27.7 Å². The summed E-state index contributed by atoms with van der Waals surface area (Å²) in [5.74, 6) is -1.72. The van der Waals surface area contributed by atoms with Crippen LogP contribution >= 0.6 is 0 Å². The maximum Gasteiger partial charge on any atom is 0.416 e. The standard InChI is InChI=1S/C20H21F3N2O3/c1-19(18(24)28,14-8-5-9-15(11-14)20(21,22)23)25-17(27)12-16(26)10-13-6-3-2-4-7-13/h2-9,11,16,26H,10,12H2,1H3,(H2,24,28)(H,25,27)/t16-,19-/m0/s1. The SMILES string of the molecule is C[C@@](NC(=O)C[C@@H](O)Cc1ccccc1)(C(N)=O)c1cccc(C(F)(F)F)c1. The molecule has 2 amide bonds. The van der Waals surface area contributed by atoms with Gasteiger partial charge in [0.15, 0.2) is 0 Å². The van der Waals surface area contributed by atoms with Gasteiger partial charge in [0.05, 0.1) is 18.1 Å². The molecule has 0 aliphatic rings. The Balaban J connectivity index is 2.15. The average Bonchev–Trinajstić information content (AvgIpc) is 2.61. The summed E-state index contributed by atoms with van der Waals surface area (Å²) in [7, 11) is 0. The van der Waals surface area contributed by atoms with Crippen LogP contribution in [0.25, 0.3) is 0 Å². The highest BCUT2D eigenvalue weighted by Gasteiger charge is 2.38. The number of halogens is 3. The summed E-state index contributed by atoms with van der Waals surface area (Å²) in [6.07, 6.45) is -5.76. The number of aliphatic hydroxyl groups excluding tert-OH is 1. The monoisotopic (exact) mass is 394 g/mol. The van der Waals surface area contributed by atoms with E-state index in [0.29, 0.717) is 0 Å². The number of hydrogen-bond donors (Lipinski definition) is 3. The highest BCUT2D eigenvalue weighted by Crippen LogP contribution is 2.32. The molecule has 0 radical (unpaired) electrons. The van der Waals surface area contributed by atoms with Gasteiger partial charge in [-0.2, -0.15) is 13.2 Å². The number of nitrogens with two attached hydrogens (primary N) is 1. The molecular weight excluding hydrogens is 373 g/mol. The van der Waals surface area contributed by atoms with E-state index in [0.717, 1.165) is 23.8 Å². The maximum atomic E-state index is 13.0. The van der Waals surface area contributed by atoms with Crippen molar-refractivity contribution in [3.05, 3.63) is 71.3 Å². The van der Waals surface area contributed by atoms with Crippen molar-refractivity contribution >= 4 is 11.8 Å². The molecule has 150 valence electrons. The smallest absolute Gasteiger partial charge is 0.392 e. The number of aliphatic hydroxyl groups is 1. The van der Waals surface area contributed by atoms with Crippen molar-refractivity contribution in [1.82, 2.24) is 5.32 Å². The fraction of sp³-hybridized carbons (Fsp3) is 0.300. The number of benzene rings is 2. The van der Waals surface area contributed by atoms with Gasteiger partial charge in [0.2, 0.25) is 11.8 Å². The Labute approximate surface area is 160 Å². The van der Waals surface area contributed by atoms with Gasteiger partial charge in [-0.1, -0.05) is 42.5 Å². The Morgan fingerprint density at radius 1 is 1.07 bits per heavy atom. The molecule has 0 unspecified atom stereocenters. The summed E-state index contributed by atoms with van der Waals surface area (Å²) in [4.78, 5) is 24.3. The summed E-state index contributed by atoms with van der Waals surface area (Å²) in [6, 6.07) is 13.0. The molecule has 8 heteroatoms. The van der Waals surface area contributed by atoms with Crippen LogP contribution < -0.4 is 11.1 Å². The number of alkyl halides is 3. The lowest BCUT2D eigenvalue weighted by Crippen LogP contribution is -2.53. The van der Waals surface area contributed by atoms with Crippen molar-refractivity contribution < 1.29 is 27.9 Å². The van der Waals surface area contributed by atoms with E-state index >= 15 is 0 Å². The first-order chi connectivity index (χ1) is 13.0. The van der Waals surface area contributed by atoms with E-state index in [9.17, 15) is 27.9 Å². The van der Waals surface area contributed by atoms with E-state index < -0.39 is 35.2 Å². The topological polar surface area (TPSA) is 92.4 Å². The van der Waals surface area contributed by atoms with Gasteiger partial charge in [-0.3, -0.25) is 9.59 Å². The number of carbonyl (C=O) groups is 2. The molecule has 2 rings (SSSR count). The van der Waals surface area contributed by atoms with E-state index in [2.05, 4.69) is 5.32 Å². The Kier molecular flexibility index (Phi) is 6.45. The normalized spacial score (nSPS) is 14.8. The molecule has 0 aliphatic carbocycles. The summed E-state index contributed by atoms with van der Waals surface area (Å²) in [6.45, 7) is 1.23. The third-order valence-corrected chi connectivity index (χ3v) is 4.38. The van der Waals surface area contributed by atoms with Crippen LogP contribution in [0, 0.1) is 0 Å². The number of amides is 2. The number of nitrogens with one attached hydrogen (secondary N) is 1. The minimum atomic E-state index is -4.61. The molecule has 0 bridgehead atoms. The summed E-state index contributed by atoms with van der Waals surface area (Å²) in [5.41, 5.74) is 3.27. The highest BCUT2D eigenvalue weighted by atomic mass is 19.4. The van der Waals surface area contributed by atoms with Gasteiger partial charge in [-0.25, -0.2) is 0 Å². The lowest BCUT2D eigenvalue weighted by molar-refractivity contribution is -0.138. The van der Waals surface area contributed by atoms with Gasteiger partial charge in [0.1, 0.15) is 5.54 Å². The number of hydrogen-bond acceptors (Lipinski definition) is 3. The average molecular weight is 394 g/mol. The summed E-state index contributed by atoms with van der Waals surface area (Å²) >= 11 is 0. The third-order valence-electron chi connectivity index (χ3n) is 4.38. The molecule has 0 aliphatic heterocycles. The van der Waals surface area contributed by atoms with E-state index in [1.165, 1.54) is 13.0 Å². The Bertz CT molecular complexity index is 840. The van der Waals surface area contributed by atoms with Crippen molar-refractivity contribution in [1.29, 1.82) is 0 Å². The molecule has 4 N–H and O–H groups in total. The highest BCUT2D eigenvalue weighted by molar-refractivity contribution is 5.91. The van der Waals surface area contributed by atoms with Gasteiger partial charge in [0.25, 0.3) is 0 Å². The van der Waals surface area contributed by atoms with Gasteiger partial charge in [-0.15, -0.1) is 0 Å². The lowest BCUT2D eigenvalue weighted by atomic mass is 9.89. The predicted octanol–water partition coefficient (Wildman–Crippen LogP) is 2.52. The van der Waals surface area contributed by atoms with E-state index in [-0.39, 0.29) is 18.4 Å². The van der Waals surface area contributed by atoms with Crippen molar-refractivity contribution in [3.63, 3.8) is 0 Å². The molecule has 5 nitrogen and oxygen atoms in total. The fourth-order valence-electron chi connectivity index (χ4n) is 2.78. The minimum Gasteiger partial charge on any atom is -0.392 e. The minimum absolute atomic E-state index is 0.0966. The van der Waals surface area contributed by atoms with Crippen molar-refractivity contribution in [2.45, 2.75) is 37.6 Å². The van der Waals surface area contributed by atoms with Crippen LogP contribution in [0.4, 0.5) is 13.2 Å². The van der Waals surface area contributed by atoms with Crippen molar-refractivity contribution in [2.75, 3.05) is 0 Å². The number of carbonyl (C=O) groups excluding carboxylic acids is 2. The van der Waals surface area contributed by atoms with Gasteiger partial charge < -0.3 is 16.2 Å². The Morgan fingerprint density at radius 2 is 1.68 bits per heavy atom. The fourth-order valence-corrected chi connectivity index (χ4v) is 2.78. The van der Waals surface area contributed by atoms with Crippen molar-refractivity contribution in [2.24, 2.45) is 5.73 Å². The van der Waals surface area contributed by atoms with Crippen LogP contribution in [0.15, 0.2) is 54.6 Å². The van der Waals surface area contributed by atoms with E-state index in [1.54, 1.807) is 24.3 Å². The Morgan fingerprint density at radius 3 is 2.25 bits per heavy atom. The summed E-state index contributed by atoms with van der Waals surface area (Å²) in [5, 5.41) is 12.5. The zero-order valence-corrected chi connectivity index (χ0v) is 15.2. The van der Waals surface area contributed by atoms with Gasteiger partial charge in [-0.05, 0) is 36.6 Å². The second-order valence-corrected chi connectivity index (χ2v) is 6.66. The zero-order valence-electron chi connectivity index (χ0n) is 15.2.